The number of hydrogen-bond acceptors (Lipinski definition) is 0. The van der Waals surface area contributed by atoms with Crippen molar-refractivity contribution in [1.82, 2.24) is 0 Å². The van der Waals surface area contributed by atoms with E-state index in [9.17, 15) is 0 Å². The molecule has 0 aliphatic heterocycles. The molecule has 0 amide bonds. The smallest absolute Gasteiger partial charge is 0.0588 e. The van der Waals surface area contributed by atoms with Gasteiger partial charge in [-0.3, -0.25) is 0 Å². The first-order valence-corrected chi connectivity index (χ1v) is 22.3. The zero-order chi connectivity index (χ0) is 21.5. The van der Waals surface area contributed by atoms with E-state index in [1.807, 2.05) is 0 Å². The Hall–Kier alpha value is 0.868. The quantitative estimate of drug-likeness (QED) is 0.371. The van der Waals surface area contributed by atoms with Crippen molar-refractivity contribution in [3.63, 3.8) is 0 Å². The summed E-state index contributed by atoms with van der Waals surface area (Å²) >= 11 is 0. The second kappa shape index (κ2) is 8.70. The summed E-state index contributed by atoms with van der Waals surface area (Å²) in [5, 5.41) is 0.987. The van der Waals surface area contributed by atoms with Crippen LogP contribution in [0.15, 0.2) is 0 Å². The fourth-order valence-corrected chi connectivity index (χ4v) is 89.0. The zero-order valence-electron chi connectivity index (χ0n) is 21.3. The minimum atomic E-state index is -1.37. The van der Waals surface area contributed by atoms with Gasteiger partial charge in [0.25, 0.3) is 0 Å². The first-order chi connectivity index (χ1) is 11.3. The van der Waals surface area contributed by atoms with E-state index in [0.29, 0.717) is 10.1 Å². The summed E-state index contributed by atoms with van der Waals surface area (Å²) in [5.41, 5.74) is 3.63. The van der Waals surface area contributed by atoms with Crippen molar-refractivity contribution in [3.8, 4) is 0 Å². The van der Waals surface area contributed by atoms with Crippen LogP contribution in [-0.2, 0) is 0 Å². The maximum atomic E-state index is 2.86. The van der Waals surface area contributed by atoms with Crippen molar-refractivity contribution >= 4 is 30.0 Å². The fourth-order valence-electron chi connectivity index (χ4n) is 5.48. The van der Waals surface area contributed by atoms with E-state index in [1.54, 1.807) is 0 Å². The molecule has 0 saturated carbocycles. The highest BCUT2D eigenvalue weighted by Gasteiger charge is 2.53. The van der Waals surface area contributed by atoms with Crippen molar-refractivity contribution in [3.05, 3.63) is 0 Å². The lowest BCUT2D eigenvalue weighted by Crippen LogP contribution is -2.69. The molecular formula is C22H52Si4. The van der Waals surface area contributed by atoms with Gasteiger partial charge in [0.05, 0.1) is 15.2 Å². The summed E-state index contributed by atoms with van der Waals surface area (Å²) in [6.45, 7) is 41.7. The van der Waals surface area contributed by atoms with Crippen molar-refractivity contribution in [2.24, 2.45) is 0 Å². The number of hydrogen-bond donors (Lipinski definition) is 0. The lowest BCUT2D eigenvalue weighted by Gasteiger charge is -2.54. The van der Waals surface area contributed by atoms with E-state index in [0.717, 1.165) is 22.2 Å². The van der Waals surface area contributed by atoms with Gasteiger partial charge in [0.2, 0.25) is 0 Å². The van der Waals surface area contributed by atoms with Crippen molar-refractivity contribution in [2.75, 3.05) is 0 Å². The highest BCUT2D eigenvalue weighted by atomic mass is 29.8. The SMILES string of the molecule is CC(C)[Si](C)(C(C)C)[Si](=[Si](C(C)(C)C)C(C)(C)C)[Si](C)(C(C)C)C(C)C. The van der Waals surface area contributed by atoms with Crippen LogP contribution in [0.4, 0.5) is 0 Å². The molecule has 0 aliphatic rings. The summed E-state index contributed by atoms with van der Waals surface area (Å²) in [4.78, 5) is 0. The molecule has 26 heavy (non-hydrogen) atoms. The molecule has 0 unspecified atom stereocenters. The van der Waals surface area contributed by atoms with Crippen LogP contribution >= 0.6 is 0 Å². The molecule has 0 N–H and O–H groups in total. The maximum Gasteiger partial charge on any atom is 0.0588 e. The molecule has 0 radical (unpaired) electrons. The van der Waals surface area contributed by atoms with E-state index >= 15 is 0 Å². The standard InChI is InChI=1S/C22H52Si4/c1-17(2)25(15,18(3)4)24(26(16,19(5)6)20(7)8)23(21(9,10)11)22(12,13)14/h17-20H,1-16H3. The predicted molar refractivity (Wildman–Crippen MR) is 135 cm³/mol. The normalized spacial score (nSPS) is 14.8. The minimum Gasteiger partial charge on any atom is -0.0688 e. The second-order valence-electron chi connectivity index (χ2n) is 12.4. The Morgan fingerprint density at radius 2 is 0.692 bits per heavy atom. The molecule has 0 aromatic rings. The summed E-state index contributed by atoms with van der Waals surface area (Å²) in [5.74, 6) is 0. The minimum absolute atomic E-state index is 0.390. The zero-order valence-corrected chi connectivity index (χ0v) is 25.3. The molecule has 0 saturated heterocycles. The Bertz CT molecular complexity index is 439. The van der Waals surface area contributed by atoms with Crippen LogP contribution in [-0.4, -0.2) is 30.0 Å². The molecule has 0 spiro atoms. The third kappa shape index (κ3) is 5.07. The third-order valence-corrected chi connectivity index (χ3v) is 66.2. The van der Waals surface area contributed by atoms with Gasteiger partial charge in [0, 0.05) is 0 Å². The molecular weight excluding hydrogens is 377 g/mol. The first kappa shape index (κ1) is 26.9. The molecule has 0 rings (SSSR count). The molecule has 0 heterocycles. The van der Waals surface area contributed by atoms with Gasteiger partial charge < -0.3 is 0 Å². The van der Waals surface area contributed by atoms with Gasteiger partial charge >= 0.3 is 0 Å². The van der Waals surface area contributed by atoms with Gasteiger partial charge in [-0.15, -0.1) is 0 Å². The Labute approximate surface area is 172 Å². The van der Waals surface area contributed by atoms with Gasteiger partial charge in [-0.2, -0.15) is 0 Å². The lowest BCUT2D eigenvalue weighted by atomic mass is 10.2. The Morgan fingerprint density at radius 3 is 0.808 bits per heavy atom. The molecule has 0 aliphatic carbocycles. The number of rotatable bonds is 6. The lowest BCUT2D eigenvalue weighted by molar-refractivity contribution is 0.663. The largest absolute Gasteiger partial charge is 0.0688 e. The third-order valence-electron chi connectivity index (χ3n) is 7.62. The van der Waals surface area contributed by atoms with Crippen LogP contribution in [0.5, 0.6) is 0 Å². The monoisotopic (exact) mass is 428 g/mol. The summed E-state index contributed by atoms with van der Waals surface area (Å²) in [6.07, 6.45) is 0. The van der Waals surface area contributed by atoms with E-state index in [4.69, 9.17) is 0 Å². The fraction of sp³-hybridized carbons (Fsp3) is 1.00. The summed E-state index contributed by atoms with van der Waals surface area (Å²) in [7, 11) is -3.22. The van der Waals surface area contributed by atoms with Crippen molar-refractivity contribution in [2.45, 2.75) is 142 Å². The average Bonchev–Trinajstić information content (AvgIpc) is 2.38. The molecule has 0 aromatic carbocycles. The van der Waals surface area contributed by atoms with Gasteiger partial charge in [0.1, 0.15) is 0 Å². The van der Waals surface area contributed by atoms with Crippen LogP contribution in [0.25, 0.3) is 0 Å². The van der Waals surface area contributed by atoms with Gasteiger partial charge in [-0.05, 0) is 24.9 Å². The molecule has 0 nitrogen and oxygen atoms in total. The van der Waals surface area contributed by atoms with E-state index in [1.165, 1.54) is 0 Å². The van der Waals surface area contributed by atoms with Crippen LogP contribution in [0.2, 0.25) is 45.3 Å². The van der Waals surface area contributed by atoms with Gasteiger partial charge in [-0.25, -0.2) is 0 Å². The van der Waals surface area contributed by atoms with E-state index in [2.05, 4.69) is 110 Å². The first-order valence-electron chi connectivity index (χ1n) is 11.0. The van der Waals surface area contributed by atoms with Crippen LogP contribution < -0.4 is 0 Å². The van der Waals surface area contributed by atoms with E-state index < -0.39 is 23.1 Å². The average molecular weight is 429 g/mol. The summed E-state index contributed by atoms with van der Waals surface area (Å²) in [6, 6.07) is 0. The topological polar surface area (TPSA) is 0 Å². The van der Waals surface area contributed by atoms with Crippen LogP contribution in [0.3, 0.4) is 0 Å². The molecule has 0 fully saturated rings. The molecule has 0 bridgehead atoms. The molecule has 4 heteroatoms. The predicted octanol–water partition coefficient (Wildman–Crippen LogP) is 8.61. The highest BCUT2D eigenvalue weighted by Crippen LogP contribution is 2.47. The second-order valence-corrected chi connectivity index (χ2v) is 43.6. The highest BCUT2D eigenvalue weighted by molar-refractivity contribution is 7.67. The van der Waals surface area contributed by atoms with Gasteiger partial charge in [-0.1, -0.05) is 132 Å². The van der Waals surface area contributed by atoms with Crippen LogP contribution in [0, 0.1) is 0 Å². The molecule has 0 aromatic heterocycles. The van der Waals surface area contributed by atoms with E-state index in [-0.39, 0.29) is 6.93 Å². The summed E-state index contributed by atoms with van der Waals surface area (Å²) < 4.78 is 0. The van der Waals surface area contributed by atoms with Crippen molar-refractivity contribution < 1.29 is 0 Å². The Balaban J connectivity index is 7.65. The van der Waals surface area contributed by atoms with Crippen LogP contribution in [0.1, 0.15) is 96.9 Å². The Morgan fingerprint density at radius 1 is 0.500 bits per heavy atom. The maximum absolute atomic E-state index is 2.86. The molecule has 0 atom stereocenters. The van der Waals surface area contributed by atoms with Crippen molar-refractivity contribution in [1.29, 1.82) is 0 Å². The molecule has 156 valence electrons. The Kier molecular flexibility index (Phi) is 9.00. The van der Waals surface area contributed by atoms with Gasteiger partial charge in [0.15, 0.2) is 0 Å².